The Kier molecular flexibility index (Phi) is 12.3. The van der Waals surface area contributed by atoms with Crippen molar-refractivity contribution in [3.8, 4) is 11.5 Å². The third-order valence-corrected chi connectivity index (χ3v) is 9.03. The summed E-state index contributed by atoms with van der Waals surface area (Å²) >= 11 is 6.03. The first-order valence-corrected chi connectivity index (χ1v) is 16.1. The van der Waals surface area contributed by atoms with Gasteiger partial charge in [-0.3, -0.25) is 13.9 Å². The molecule has 3 aromatic rings. The van der Waals surface area contributed by atoms with Crippen LogP contribution < -0.4 is 19.1 Å². The van der Waals surface area contributed by atoms with Gasteiger partial charge in [-0.2, -0.15) is 0 Å². The molecule has 3 rings (SSSR count). The van der Waals surface area contributed by atoms with Gasteiger partial charge in [0, 0.05) is 17.6 Å². The third kappa shape index (κ3) is 8.87. The van der Waals surface area contributed by atoms with Crippen LogP contribution in [0.1, 0.15) is 46.1 Å². The average molecular weight is 630 g/mol. The molecule has 0 spiro atoms. The number of rotatable bonds is 15. The number of benzene rings is 3. The lowest BCUT2D eigenvalue weighted by molar-refractivity contribution is -0.140. The molecule has 0 aliphatic heterocycles. The quantitative estimate of drug-likeness (QED) is 0.232. The lowest BCUT2D eigenvalue weighted by Crippen LogP contribution is -2.53. The fourth-order valence-corrected chi connectivity index (χ4v) is 6.01. The lowest BCUT2D eigenvalue weighted by Gasteiger charge is -2.33. The summed E-state index contributed by atoms with van der Waals surface area (Å²) in [6.45, 7) is 7.49. The van der Waals surface area contributed by atoms with Crippen molar-refractivity contribution < 1.29 is 27.5 Å². The average Bonchev–Trinajstić information content (AvgIpc) is 3.00. The normalized spacial score (nSPS) is 12.6. The molecule has 11 heteroatoms. The van der Waals surface area contributed by atoms with Crippen LogP contribution in [-0.4, -0.2) is 57.5 Å². The van der Waals surface area contributed by atoms with Gasteiger partial charge < -0.3 is 19.7 Å². The zero-order valence-electron chi connectivity index (χ0n) is 25.2. The van der Waals surface area contributed by atoms with E-state index in [4.69, 9.17) is 21.1 Å². The van der Waals surface area contributed by atoms with Crippen molar-refractivity contribution in [1.29, 1.82) is 0 Å². The molecule has 0 saturated heterocycles. The van der Waals surface area contributed by atoms with Crippen LogP contribution in [0.3, 0.4) is 0 Å². The lowest BCUT2D eigenvalue weighted by atomic mass is 10.1. The first-order chi connectivity index (χ1) is 20.5. The van der Waals surface area contributed by atoms with Crippen molar-refractivity contribution in [2.75, 3.05) is 24.6 Å². The summed E-state index contributed by atoms with van der Waals surface area (Å²) in [4.78, 5) is 29.0. The molecule has 0 aliphatic carbocycles. The number of hydrogen-bond acceptors (Lipinski definition) is 6. The van der Waals surface area contributed by atoms with Crippen LogP contribution in [0.5, 0.6) is 11.5 Å². The Bertz CT molecular complexity index is 1470. The van der Waals surface area contributed by atoms with E-state index in [0.29, 0.717) is 29.5 Å². The fraction of sp³-hybridized carbons (Fsp3) is 0.375. The highest BCUT2D eigenvalue weighted by Crippen LogP contribution is 2.28. The minimum Gasteiger partial charge on any atom is -0.497 e. The molecule has 0 saturated carbocycles. The van der Waals surface area contributed by atoms with Gasteiger partial charge in [0.05, 0.1) is 24.3 Å². The van der Waals surface area contributed by atoms with E-state index < -0.39 is 28.5 Å². The van der Waals surface area contributed by atoms with Gasteiger partial charge in [0.15, 0.2) is 0 Å². The summed E-state index contributed by atoms with van der Waals surface area (Å²) in [7, 11) is -2.67. The van der Waals surface area contributed by atoms with Crippen LogP contribution in [0, 0.1) is 0 Å². The Labute approximate surface area is 259 Å². The van der Waals surface area contributed by atoms with Gasteiger partial charge in [0.25, 0.3) is 10.0 Å². The van der Waals surface area contributed by atoms with Crippen molar-refractivity contribution >= 4 is 39.1 Å². The topological polar surface area (TPSA) is 105 Å². The van der Waals surface area contributed by atoms with Gasteiger partial charge in [-0.1, -0.05) is 37.6 Å². The third-order valence-electron chi connectivity index (χ3n) is 6.99. The van der Waals surface area contributed by atoms with Crippen molar-refractivity contribution in [3.63, 3.8) is 0 Å². The molecule has 0 radical (unpaired) electrons. The minimum absolute atomic E-state index is 0.0283. The van der Waals surface area contributed by atoms with Crippen molar-refractivity contribution in [3.05, 3.63) is 83.4 Å². The van der Waals surface area contributed by atoms with Crippen LogP contribution in [0.2, 0.25) is 5.02 Å². The highest BCUT2D eigenvalue weighted by molar-refractivity contribution is 7.92. The zero-order valence-corrected chi connectivity index (χ0v) is 26.8. The Hall–Kier alpha value is -3.76. The van der Waals surface area contributed by atoms with E-state index in [9.17, 15) is 18.0 Å². The molecule has 43 heavy (non-hydrogen) atoms. The Morgan fingerprint density at radius 1 is 0.930 bits per heavy atom. The number of nitrogens with zero attached hydrogens (tertiary/aromatic N) is 2. The largest absolute Gasteiger partial charge is 0.497 e. The second kappa shape index (κ2) is 15.6. The Balaban J connectivity index is 2.07. The van der Waals surface area contributed by atoms with Gasteiger partial charge in [-0.25, -0.2) is 8.42 Å². The number of nitrogens with one attached hydrogen (secondary N) is 1. The van der Waals surface area contributed by atoms with Crippen LogP contribution in [0.4, 0.5) is 5.69 Å². The summed E-state index contributed by atoms with van der Waals surface area (Å²) in [6.07, 6.45) is 1.04. The minimum atomic E-state index is -4.22. The number of methoxy groups -OCH3 is 1. The number of carbonyl (C=O) groups is 2. The summed E-state index contributed by atoms with van der Waals surface area (Å²) in [5.41, 5.74) is 1.00. The van der Waals surface area contributed by atoms with E-state index in [1.54, 1.807) is 49.6 Å². The number of halogens is 1. The van der Waals surface area contributed by atoms with E-state index in [0.717, 1.165) is 16.3 Å². The summed E-state index contributed by atoms with van der Waals surface area (Å²) < 4.78 is 39.9. The summed E-state index contributed by atoms with van der Waals surface area (Å²) in [5, 5.41) is 3.35. The molecule has 3 aromatic carbocycles. The number of ether oxygens (including phenoxy) is 2. The molecule has 1 N–H and O–H groups in total. The van der Waals surface area contributed by atoms with Gasteiger partial charge in [-0.15, -0.1) is 0 Å². The highest BCUT2D eigenvalue weighted by Gasteiger charge is 2.34. The van der Waals surface area contributed by atoms with Crippen LogP contribution in [-0.2, 0) is 26.2 Å². The smallest absolute Gasteiger partial charge is 0.264 e. The number of anilines is 1. The summed E-state index contributed by atoms with van der Waals surface area (Å²) in [6, 6.07) is 18.5. The second-order valence-electron chi connectivity index (χ2n) is 10.0. The van der Waals surface area contributed by atoms with Gasteiger partial charge in [0.1, 0.15) is 24.1 Å². The Morgan fingerprint density at radius 2 is 1.60 bits per heavy atom. The predicted octanol–water partition coefficient (Wildman–Crippen LogP) is 5.66. The molecule has 0 heterocycles. The molecule has 0 bridgehead atoms. The maximum atomic E-state index is 14.2. The number of hydrogen-bond donors (Lipinski definition) is 1. The number of carbonyl (C=O) groups excluding carboxylic acids is 2. The van der Waals surface area contributed by atoms with E-state index in [2.05, 4.69) is 5.32 Å². The molecule has 2 atom stereocenters. The molecule has 0 fully saturated rings. The summed E-state index contributed by atoms with van der Waals surface area (Å²) in [5.74, 6) is 0.318. The molecule has 0 aromatic heterocycles. The molecule has 2 amide bonds. The molecule has 0 unspecified atom stereocenters. The Morgan fingerprint density at radius 3 is 2.19 bits per heavy atom. The predicted molar refractivity (Wildman–Crippen MR) is 169 cm³/mol. The highest BCUT2D eigenvalue weighted by atomic mass is 35.5. The standard InChI is InChI=1S/C32H40ClN3O6S/c1-6-23(4)34-32(38)30(7-2)35(21-24-10-9-11-28(20-24)41-5)31(37)22-36(26-14-16-27(17-15-26)42-8-3)43(39,40)29-18-12-25(33)13-19-29/h9-20,23,30H,6-8,21-22H2,1-5H3,(H,34,38)/t23-,30+/m1/s1. The first kappa shape index (κ1) is 33.7. The van der Waals surface area contributed by atoms with Crippen LogP contribution in [0.25, 0.3) is 0 Å². The maximum absolute atomic E-state index is 14.2. The van der Waals surface area contributed by atoms with E-state index >= 15 is 0 Å². The van der Waals surface area contributed by atoms with Gasteiger partial charge in [0.2, 0.25) is 11.8 Å². The van der Waals surface area contributed by atoms with E-state index in [1.807, 2.05) is 33.8 Å². The molecule has 9 nitrogen and oxygen atoms in total. The zero-order chi connectivity index (χ0) is 31.6. The van der Waals surface area contributed by atoms with Gasteiger partial charge in [-0.05, 0) is 92.9 Å². The van der Waals surface area contributed by atoms with Crippen molar-refractivity contribution in [2.24, 2.45) is 0 Å². The SMILES string of the molecule is CCOc1ccc(N(CC(=O)N(Cc2cccc(OC)c2)[C@@H](CC)C(=O)N[C@H](C)CC)S(=O)(=O)c2ccc(Cl)cc2)cc1. The molecular weight excluding hydrogens is 590 g/mol. The van der Waals surface area contributed by atoms with Gasteiger partial charge >= 0.3 is 0 Å². The van der Waals surface area contributed by atoms with Crippen LogP contribution >= 0.6 is 11.6 Å². The van der Waals surface area contributed by atoms with E-state index in [-0.39, 0.29) is 29.1 Å². The molecule has 232 valence electrons. The maximum Gasteiger partial charge on any atom is 0.264 e. The second-order valence-corrected chi connectivity index (χ2v) is 12.3. The molecule has 0 aliphatic rings. The fourth-order valence-electron chi connectivity index (χ4n) is 4.47. The molecular formula is C32H40ClN3O6S. The number of sulfonamides is 1. The number of amides is 2. The van der Waals surface area contributed by atoms with Crippen LogP contribution in [0.15, 0.2) is 77.7 Å². The van der Waals surface area contributed by atoms with Crippen molar-refractivity contribution in [1.82, 2.24) is 10.2 Å². The van der Waals surface area contributed by atoms with Crippen molar-refractivity contribution in [2.45, 2.75) is 64.1 Å². The first-order valence-electron chi connectivity index (χ1n) is 14.3. The van der Waals surface area contributed by atoms with E-state index in [1.165, 1.54) is 29.2 Å². The monoisotopic (exact) mass is 629 g/mol.